The van der Waals surface area contributed by atoms with Gasteiger partial charge in [-0.2, -0.15) is 0 Å². The van der Waals surface area contributed by atoms with Gasteiger partial charge in [0.1, 0.15) is 5.82 Å². The van der Waals surface area contributed by atoms with Gasteiger partial charge in [-0.25, -0.2) is 4.39 Å². The van der Waals surface area contributed by atoms with E-state index in [0.29, 0.717) is 33.1 Å². The molecule has 0 bridgehead atoms. The van der Waals surface area contributed by atoms with Crippen LogP contribution in [0.25, 0.3) is 6.08 Å². The Balaban J connectivity index is 1.96. The van der Waals surface area contributed by atoms with Crippen LogP contribution in [0.15, 0.2) is 46.9 Å². The number of rotatable bonds is 2. The third-order valence-corrected chi connectivity index (χ3v) is 4.58. The molecule has 3 nitrogen and oxygen atoms in total. The van der Waals surface area contributed by atoms with Crippen molar-refractivity contribution >= 4 is 23.6 Å². The summed E-state index contributed by atoms with van der Waals surface area (Å²) in [5.74, 6) is 0.248. The molecule has 5 heteroatoms. The van der Waals surface area contributed by atoms with Crippen LogP contribution in [0.3, 0.4) is 0 Å². The Morgan fingerprint density at radius 3 is 2.86 bits per heavy atom. The number of hydrogen-bond acceptors (Lipinski definition) is 4. The Morgan fingerprint density at radius 2 is 2.14 bits per heavy atom. The van der Waals surface area contributed by atoms with Crippen molar-refractivity contribution < 1.29 is 19.0 Å². The van der Waals surface area contributed by atoms with E-state index in [1.807, 2.05) is 0 Å². The van der Waals surface area contributed by atoms with Crippen LogP contribution in [-0.2, 0) is 0 Å². The van der Waals surface area contributed by atoms with Crippen LogP contribution in [0.2, 0.25) is 0 Å². The monoisotopic (exact) mass is 316 g/mol. The lowest BCUT2D eigenvalue weighted by Gasteiger charge is -2.17. The number of Topliss-reactive ketones (excluding diaryl/α,β-unsaturated/α-hetero) is 1. The lowest BCUT2D eigenvalue weighted by molar-refractivity contribution is 0.103. The first kappa shape index (κ1) is 14.7. The summed E-state index contributed by atoms with van der Waals surface area (Å²) in [6.07, 6.45) is 1.71. The minimum atomic E-state index is -0.364. The number of aromatic hydroxyl groups is 1. The van der Waals surface area contributed by atoms with Crippen molar-refractivity contribution in [1.29, 1.82) is 0 Å². The van der Waals surface area contributed by atoms with Gasteiger partial charge in [-0.05, 0) is 35.9 Å². The maximum atomic E-state index is 13.7. The Labute approximate surface area is 131 Å². The molecule has 1 N–H and O–H groups in total. The summed E-state index contributed by atoms with van der Waals surface area (Å²) < 4.78 is 18.7. The third kappa shape index (κ3) is 2.60. The van der Waals surface area contributed by atoms with Crippen molar-refractivity contribution in [1.82, 2.24) is 0 Å². The minimum Gasteiger partial charge on any atom is -0.504 e. The van der Waals surface area contributed by atoms with E-state index in [1.54, 1.807) is 24.3 Å². The van der Waals surface area contributed by atoms with Crippen LogP contribution in [0.5, 0.6) is 11.5 Å². The molecule has 0 unspecified atom stereocenters. The molecular weight excluding hydrogens is 303 g/mol. The molecule has 0 aromatic heterocycles. The molecule has 1 aliphatic heterocycles. The third-order valence-electron chi connectivity index (χ3n) is 3.42. The number of hydrogen-bond donors (Lipinski definition) is 1. The largest absolute Gasteiger partial charge is 0.504 e. The fourth-order valence-corrected chi connectivity index (χ4v) is 3.36. The van der Waals surface area contributed by atoms with E-state index < -0.39 is 0 Å². The summed E-state index contributed by atoms with van der Waals surface area (Å²) in [5.41, 5.74) is 1.66. The number of halogens is 1. The molecular formula is C17H13FO3S. The van der Waals surface area contributed by atoms with E-state index in [-0.39, 0.29) is 17.3 Å². The lowest BCUT2D eigenvalue weighted by Crippen LogP contribution is -2.13. The van der Waals surface area contributed by atoms with Crippen molar-refractivity contribution in [3.8, 4) is 11.5 Å². The SMILES string of the molecule is COc1ccc(/C=C2/CSc3c(F)cccc3C2=O)cc1O. The van der Waals surface area contributed by atoms with E-state index in [0.717, 1.165) is 0 Å². The minimum absolute atomic E-state index is 0.0132. The van der Waals surface area contributed by atoms with Gasteiger partial charge < -0.3 is 9.84 Å². The molecule has 1 aliphatic rings. The molecule has 2 aromatic rings. The molecule has 2 aromatic carbocycles. The van der Waals surface area contributed by atoms with E-state index >= 15 is 0 Å². The van der Waals surface area contributed by atoms with Gasteiger partial charge in [-0.3, -0.25) is 4.79 Å². The molecule has 0 radical (unpaired) electrons. The van der Waals surface area contributed by atoms with E-state index in [2.05, 4.69) is 0 Å². The van der Waals surface area contributed by atoms with Crippen molar-refractivity contribution in [2.24, 2.45) is 0 Å². The highest BCUT2D eigenvalue weighted by atomic mass is 32.2. The molecule has 0 atom stereocenters. The summed E-state index contributed by atoms with van der Waals surface area (Å²) >= 11 is 1.31. The zero-order valence-corrected chi connectivity index (χ0v) is 12.6. The van der Waals surface area contributed by atoms with Crippen molar-refractivity contribution in [2.75, 3.05) is 12.9 Å². The van der Waals surface area contributed by atoms with Crippen LogP contribution < -0.4 is 4.74 Å². The first-order valence-electron chi connectivity index (χ1n) is 6.63. The highest BCUT2D eigenvalue weighted by molar-refractivity contribution is 7.99. The maximum Gasteiger partial charge on any atom is 0.191 e. The van der Waals surface area contributed by atoms with Crippen molar-refractivity contribution in [3.63, 3.8) is 0 Å². The number of phenols is 1. The molecule has 0 spiro atoms. The normalized spacial score (nSPS) is 15.7. The first-order chi connectivity index (χ1) is 10.6. The number of ketones is 1. The summed E-state index contributed by atoms with van der Waals surface area (Å²) in [6, 6.07) is 9.45. The molecule has 1 heterocycles. The fraction of sp³-hybridized carbons (Fsp3) is 0.118. The van der Waals surface area contributed by atoms with Gasteiger partial charge in [-0.1, -0.05) is 12.1 Å². The first-order valence-corrected chi connectivity index (χ1v) is 7.62. The topological polar surface area (TPSA) is 46.5 Å². The second kappa shape index (κ2) is 5.85. The van der Waals surface area contributed by atoms with Gasteiger partial charge in [0.25, 0.3) is 0 Å². The average Bonchev–Trinajstić information content (AvgIpc) is 2.51. The number of thioether (sulfide) groups is 1. The number of benzene rings is 2. The quantitative estimate of drug-likeness (QED) is 0.853. The summed E-state index contributed by atoms with van der Waals surface area (Å²) in [5, 5.41) is 9.79. The van der Waals surface area contributed by atoms with Crippen LogP contribution in [0.1, 0.15) is 15.9 Å². The van der Waals surface area contributed by atoms with E-state index in [4.69, 9.17) is 4.74 Å². The average molecular weight is 316 g/mol. The molecule has 112 valence electrons. The number of phenolic OH excluding ortho intramolecular Hbond substituents is 1. The summed E-state index contributed by atoms with van der Waals surface area (Å²) in [4.78, 5) is 12.9. The summed E-state index contributed by atoms with van der Waals surface area (Å²) in [7, 11) is 1.47. The van der Waals surface area contributed by atoms with Crippen LogP contribution in [0.4, 0.5) is 4.39 Å². The van der Waals surface area contributed by atoms with Crippen LogP contribution >= 0.6 is 11.8 Å². The Hall–Kier alpha value is -2.27. The number of ether oxygens (including phenoxy) is 1. The van der Waals surface area contributed by atoms with Crippen LogP contribution in [0, 0.1) is 5.82 Å². The standard InChI is InChI=1S/C17H13FO3S/c1-21-15-6-5-10(8-14(15)19)7-11-9-22-17-12(16(11)20)3-2-4-13(17)18/h2-8,19H,9H2,1H3/b11-7-. The highest BCUT2D eigenvalue weighted by Crippen LogP contribution is 2.36. The molecule has 0 saturated heterocycles. The molecule has 22 heavy (non-hydrogen) atoms. The van der Waals surface area contributed by atoms with E-state index in [9.17, 15) is 14.3 Å². The second-order valence-electron chi connectivity index (χ2n) is 4.84. The Morgan fingerprint density at radius 1 is 1.32 bits per heavy atom. The number of carbonyl (C=O) groups is 1. The van der Waals surface area contributed by atoms with Gasteiger partial charge in [0, 0.05) is 16.9 Å². The van der Waals surface area contributed by atoms with Gasteiger partial charge in [0.2, 0.25) is 0 Å². The Bertz CT molecular complexity index is 783. The number of methoxy groups -OCH3 is 1. The highest BCUT2D eigenvalue weighted by Gasteiger charge is 2.24. The number of fused-ring (bicyclic) bond motifs is 1. The maximum absolute atomic E-state index is 13.7. The molecule has 0 fully saturated rings. The van der Waals surface area contributed by atoms with E-state index in [1.165, 1.54) is 37.1 Å². The predicted octanol–water partition coefficient (Wildman–Crippen LogP) is 3.91. The second-order valence-corrected chi connectivity index (χ2v) is 5.82. The van der Waals surface area contributed by atoms with Gasteiger partial charge >= 0.3 is 0 Å². The number of carbonyl (C=O) groups excluding carboxylic acids is 1. The molecule has 0 aliphatic carbocycles. The molecule has 0 saturated carbocycles. The molecule has 3 rings (SSSR count). The van der Waals surface area contributed by atoms with Gasteiger partial charge in [-0.15, -0.1) is 11.8 Å². The lowest BCUT2D eigenvalue weighted by atomic mass is 10.0. The molecule has 0 amide bonds. The van der Waals surface area contributed by atoms with Crippen LogP contribution in [-0.4, -0.2) is 23.8 Å². The van der Waals surface area contributed by atoms with Gasteiger partial charge in [0.15, 0.2) is 17.3 Å². The summed E-state index contributed by atoms with van der Waals surface area (Å²) in [6.45, 7) is 0. The van der Waals surface area contributed by atoms with Gasteiger partial charge in [0.05, 0.1) is 12.0 Å². The van der Waals surface area contributed by atoms with Crippen molar-refractivity contribution in [2.45, 2.75) is 4.90 Å². The predicted molar refractivity (Wildman–Crippen MR) is 84.1 cm³/mol. The fourth-order valence-electron chi connectivity index (χ4n) is 2.33. The zero-order valence-electron chi connectivity index (χ0n) is 11.8. The zero-order chi connectivity index (χ0) is 15.7. The Kier molecular flexibility index (Phi) is 3.90. The smallest absolute Gasteiger partial charge is 0.191 e. The van der Waals surface area contributed by atoms with Crippen molar-refractivity contribution in [3.05, 3.63) is 58.9 Å².